The molecule has 20 heavy (non-hydrogen) atoms. The molecule has 110 valence electrons. The summed E-state index contributed by atoms with van der Waals surface area (Å²) in [5.41, 5.74) is 9.08. The molecule has 1 saturated heterocycles. The van der Waals surface area contributed by atoms with Gasteiger partial charge in [0.05, 0.1) is 6.54 Å². The molecule has 0 aliphatic carbocycles. The van der Waals surface area contributed by atoms with Gasteiger partial charge in [0, 0.05) is 37.7 Å². The average molecular weight is 296 g/mol. The van der Waals surface area contributed by atoms with Crippen LogP contribution >= 0.6 is 11.6 Å². The molecule has 1 heterocycles. The number of carbonyl (C=O) groups is 1. The van der Waals surface area contributed by atoms with Crippen LogP contribution in [0.5, 0.6) is 0 Å². The fourth-order valence-electron chi connectivity index (χ4n) is 2.74. The van der Waals surface area contributed by atoms with Gasteiger partial charge in [0.2, 0.25) is 5.91 Å². The molecule has 4 nitrogen and oxygen atoms in total. The number of hydrogen-bond donors (Lipinski definition) is 1. The Balaban J connectivity index is 1.94. The number of rotatable bonds is 4. The van der Waals surface area contributed by atoms with Gasteiger partial charge in [0.1, 0.15) is 0 Å². The van der Waals surface area contributed by atoms with Crippen molar-refractivity contribution in [3.8, 4) is 0 Å². The van der Waals surface area contributed by atoms with Crippen LogP contribution in [0.2, 0.25) is 5.02 Å². The Morgan fingerprint density at radius 1 is 1.15 bits per heavy atom. The quantitative estimate of drug-likeness (QED) is 0.917. The SMILES string of the molecule is Cc1cc(Cl)cc(C)c1CN1CCN(CC(N)=O)CC1. The van der Waals surface area contributed by atoms with Gasteiger partial charge in [-0.15, -0.1) is 0 Å². The summed E-state index contributed by atoms with van der Waals surface area (Å²) in [6.45, 7) is 9.26. The highest BCUT2D eigenvalue weighted by molar-refractivity contribution is 6.30. The second-order valence-corrected chi connectivity index (χ2v) is 5.97. The smallest absolute Gasteiger partial charge is 0.231 e. The molecular formula is C15H22ClN3O. The largest absolute Gasteiger partial charge is 0.369 e. The molecule has 0 radical (unpaired) electrons. The van der Waals surface area contributed by atoms with Gasteiger partial charge >= 0.3 is 0 Å². The standard InChI is InChI=1S/C15H22ClN3O/c1-11-7-13(16)8-12(2)14(11)9-18-3-5-19(6-4-18)10-15(17)20/h7-8H,3-6,9-10H2,1-2H3,(H2,17,20). The van der Waals surface area contributed by atoms with E-state index < -0.39 is 0 Å². The molecule has 0 bridgehead atoms. The Morgan fingerprint density at radius 3 is 2.15 bits per heavy atom. The Morgan fingerprint density at radius 2 is 1.65 bits per heavy atom. The normalized spacial score (nSPS) is 17.4. The number of amides is 1. The van der Waals surface area contributed by atoms with Crippen LogP contribution < -0.4 is 5.73 Å². The molecule has 1 aromatic rings. The first-order valence-corrected chi connectivity index (χ1v) is 7.32. The summed E-state index contributed by atoms with van der Waals surface area (Å²) in [6, 6.07) is 4.04. The fraction of sp³-hybridized carbons (Fsp3) is 0.533. The Kier molecular flexibility index (Phi) is 5.02. The van der Waals surface area contributed by atoms with Crippen LogP contribution in [-0.4, -0.2) is 48.4 Å². The summed E-state index contributed by atoms with van der Waals surface area (Å²) in [4.78, 5) is 15.4. The van der Waals surface area contributed by atoms with E-state index in [4.69, 9.17) is 17.3 Å². The van der Waals surface area contributed by atoms with E-state index in [1.165, 1.54) is 16.7 Å². The highest BCUT2D eigenvalue weighted by Gasteiger charge is 2.19. The van der Waals surface area contributed by atoms with Crippen LogP contribution in [0.15, 0.2) is 12.1 Å². The third kappa shape index (κ3) is 3.95. The Bertz CT molecular complexity index is 473. The number of hydrogen-bond acceptors (Lipinski definition) is 3. The van der Waals surface area contributed by atoms with Crippen LogP contribution in [0.1, 0.15) is 16.7 Å². The lowest BCUT2D eigenvalue weighted by Crippen LogP contribution is -2.48. The van der Waals surface area contributed by atoms with Gasteiger partial charge < -0.3 is 5.73 Å². The van der Waals surface area contributed by atoms with Gasteiger partial charge in [-0.2, -0.15) is 0 Å². The van der Waals surface area contributed by atoms with Crippen LogP contribution in [-0.2, 0) is 11.3 Å². The molecule has 1 aliphatic heterocycles. The maximum Gasteiger partial charge on any atom is 0.231 e. The lowest BCUT2D eigenvalue weighted by Gasteiger charge is -2.34. The minimum Gasteiger partial charge on any atom is -0.369 e. The number of aryl methyl sites for hydroxylation is 2. The second-order valence-electron chi connectivity index (χ2n) is 5.54. The lowest BCUT2D eigenvalue weighted by molar-refractivity contribution is -0.119. The first-order chi connectivity index (χ1) is 9.45. The van der Waals surface area contributed by atoms with Gasteiger partial charge in [0.15, 0.2) is 0 Å². The van der Waals surface area contributed by atoms with Crippen molar-refractivity contribution in [1.29, 1.82) is 0 Å². The van der Waals surface area contributed by atoms with Crippen molar-refractivity contribution in [2.75, 3.05) is 32.7 Å². The van der Waals surface area contributed by atoms with Crippen molar-refractivity contribution in [3.05, 3.63) is 33.8 Å². The second kappa shape index (κ2) is 6.57. The van der Waals surface area contributed by atoms with Crippen molar-refractivity contribution in [1.82, 2.24) is 9.80 Å². The van der Waals surface area contributed by atoms with E-state index >= 15 is 0 Å². The Hall–Kier alpha value is -1.10. The molecule has 1 aromatic carbocycles. The lowest BCUT2D eigenvalue weighted by atomic mass is 10.0. The van der Waals surface area contributed by atoms with E-state index in [0.717, 1.165) is 37.7 Å². The monoisotopic (exact) mass is 295 g/mol. The minimum atomic E-state index is -0.247. The molecule has 0 atom stereocenters. The predicted molar refractivity (Wildman–Crippen MR) is 81.8 cm³/mol. The fourth-order valence-corrected chi connectivity index (χ4v) is 3.07. The number of nitrogens with two attached hydrogens (primary N) is 1. The predicted octanol–water partition coefficient (Wildman–Crippen LogP) is 1.56. The summed E-state index contributed by atoms with van der Waals surface area (Å²) >= 11 is 6.07. The number of halogens is 1. The number of benzene rings is 1. The molecule has 0 spiro atoms. The van der Waals surface area contributed by atoms with Crippen molar-refractivity contribution < 1.29 is 4.79 Å². The molecule has 0 aromatic heterocycles. The maximum absolute atomic E-state index is 10.9. The van der Waals surface area contributed by atoms with Gasteiger partial charge in [-0.25, -0.2) is 0 Å². The molecule has 2 rings (SSSR count). The molecule has 1 aliphatic rings. The van der Waals surface area contributed by atoms with Crippen molar-refractivity contribution in [2.45, 2.75) is 20.4 Å². The zero-order valence-electron chi connectivity index (χ0n) is 12.2. The molecule has 0 saturated carbocycles. The number of carbonyl (C=O) groups excluding carboxylic acids is 1. The number of nitrogens with zero attached hydrogens (tertiary/aromatic N) is 2. The van der Waals surface area contributed by atoms with E-state index in [9.17, 15) is 4.79 Å². The zero-order valence-corrected chi connectivity index (χ0v) is 12.9. The highest BCUT2D eigenvalue weighted by atomic mass is 35.5. The van der Waals surface area contributed by atoms with Gasteiger partial charge in [-0.05, 0) is 42.7 Å². The summed E-state index contributed by atoms with van der Waals surface area (Å²) in [5, 5.41) is 0.801. The third-order valence-electron chi connectivity index (χ3n) is 3.89. The minimum absolute atomic E-state index is 0.247. The maximum atomic E-state index is 10.9. The van der Waals surface area contributed by atoms with Gasteiger partial charge in [0.25, 0.3) is 0 Å². The molecule has 0 unspecified atom stereocenters. The highest BCUT2D eigenvalue weighted by Crippen LogP contribution is 2.22. The van der Waals surface area contributed by atoms with Crippen molar-refractivity contribution in [3.63, 3.8) is 0 Å². The summed E-state index contributed by atoms with van der Waals surface area (Å²) in [5.74, 6) is -0.247. The van der Waals surface area contributed by atoms with E-state index in [1.807, 2.05) is 12.1 Å². The van der Waals surface area contributed by atoms with Crippen LogP contribution in [0.4, 0.5) is 0 Å². The molecule has 2 N–H and O–H groups in total. The van der Waals surface area contributed by atoms with E-state index in [2.05, 4.69) is 23.6 Å². The molecule has 1 fully saturated rings. The molecule has 5 heteroatoms. The van der Waals surface area contributed by atoms with E-state index in [-0.39, 0.29) is 5.91 Å². The van der Waals surface area contributed by atoms with Crippen molar-refractivity contribution in [2.24, 2.45) is 5.73 Å². The molecular weight excluding hydrogens is 274 g/mol. The van der Waals surface area contributed by atoms with Crippen LogP contribution in [0, 0.1) is 13.8 Å². The topological polar surface area (TPSA) is 49.6 Å². The summed E-state index contributed by atoms with van der Waals surface area (Å²) in [7, 11) is 0. The number of primary amides is 1. The molecule has 1 amide bonds. The first-order valence-electron chi connectivity index (χ1n) is 6.94. The van der Waals surface area contributed by atoms with Crippen LogP contribution in [0.25, 0.3) is 0 Å². The Labute approximate surface area is 125 Å². The summed E-state index contributed by atoms with van der Waals surface area (Å²) in [6.07, 6.45) is 0. The van der Waals surface area contributed by atoms with Crippen LogP contribution in [0.3, 0.4) is 0 Å². The zero-order chi connectivity index (χ0) is 14.7. The average Bonchev–Trinajstić information content (AvgIpc) is 2.35. The van der Waals surface area contributed by atoms with E-state index in [0.29, 0.717) is 6.54 Å². The summed E-state index contributed by atoms with van der Waals surface area (Å²) < 4.78 is 0. The van der Waals surface area contributed by atoms with Crippen molar-refractivity contribution >= 4 is 17.5 Å². The van der Waals surface area contributed by atoms with Gasteiger partial charge in [-0.3, -0.25) is 14.6 Å². The van der Waals surface area contributed by atoms with Gasteiger partial charge in [-0.1, -0.05) is 11.6 Å². The van der Waals surface area contributed by atoms with E-state index in [1.54, 1.807) is 0 Å². The third-order valence-corrected chi connectivity index (χ3v) is 4.11. The first kappa shape index (κ1) is 15.3. The number of piperazine rings is 1.